The molecule has 3 N–H and O–H groups in total. The number of fused-ring (bicyclic) bond motifs is 1. The van der Waals surface area contributed by atoms with Crippen molar-refractivity contribution in [2.75, 3.05) is 0 Å². The van der Waals surface area contributed by atoms with Gasteiger partial charge in [0.05, 0.1) is 5.52 Å². The van der Waals surface area contributed by atoms with Crippen molar-refractivity contribution in [3.05, 3.63) is 72.3 Å². The first kappa shape index (κ1) is 16.4. The van der Waals surface area contributed by atoms with Gasteiger partial charge in [-0.1, -0.05) is 48.5 Å². The first-order chi connectivity index (χ1) is 13.1. The third-order valence-corrected chi connectivity index (χ3v) is 4.48. The fraction of sp³-hybridized carbons (Fsp3) is 0. The minimum absolute atomic E-state index is 0.218. The van der Waals surface area contributed by atoms with E-state index in [0.29, 0.717) is 10.9 Å². The Kier molecular flexibility index (Phi) is 3.87. The molecule has 0 saturated heterocycles. The normalized spacial score (nSPS) is 10.6. The summed E-state index contributed by atoms with van der Waals surface area (Å²) >= 11 is 0. The number of nitrogens with zero attached hydrogens (tertiary/aromatic N) is 2. The monoisotopic (exact) mass is 354 g/mol. The van der Waals surface area contributed by atoms with Crippen LogP contribution in [-0.2, 0) is 0 Å². The van der Waals surface area contributed by atoms with Crippen molar-refractivity contribution in [3.8, 4) is 45.7 Å². The summed E-state index contributed by atoms with van der Waals surface area (Å²) in [6.45, 7) is 0. The third-order valence-electron chi connectivity index (χ3n) is 4.48. The molecule has 130 valence electrons. The fourth-order valence-corrected chi connectivity index (χ4v) is 3.08. The predicted molar refractivity (Wildman–Crippen MR) is 102 cm³/mol. The van der Waals surface area contributed by atoms with Crippen LogP contribution in [0.2, 0.25) is 0 Å². The molecule has 1 heterocycles. The molecule has 0 saturated carbocycles. The molecule has 5 nitrogen and oxygen atoms in total. The van der Waals surface area contributed by atoms with Gasteiger partial charge in [0.25, 0.3) is 0 Å². The number of aromatic nitrogens is 1. The zero-order valence-corrected chi connectivity index (χ0v) is 14.1. The van der Waals surface area contributed by atoms with Crippen LogP contribution in [-0.4, -0.2) is 20.3 Å². The van der Waals surface area contributed by atoms with Crippen LogP contribution in [0.3, 0.4) is 0 Å². The van der Waals surface area contributed by atoms with Crippen LogP contribution in [0.4, 0.5) is 0 Å². The Hall–Kier alpha value is -4.04. The van der Waals surface area contributed by atoms with Gasteiger partial charge in [-0.2, -0.15) is 5.26 Å². The number of hydrogen-bond acceptors (Lipinski definition) is 5. The van der Waals surface area contributed by atoms with Crippen LogP contribution in [0.25, 0.3) is 33.2 Å². The highest BCUT2D eigenvalue weighted by Gasteiger charge is 2.14. The summed E-state index contributed by atoms with van der Waals surface area (Å²) in [5.74, 6) is -0.550. The predicted octanol–water partition coefficient (Wildman–Crippen LogP) is 4.56. The highest BCUT2D eigenvalue weighted by molar-refractivity contribution is 5.92. The second kappa shape index (κ2) is 6.36. The van der Waals surface area contributed by atoms with E-state index >= 15 is 0 Å². The van der Waals surface area contributed by atoms with Gasteiger partial charge < -0.3 is 15.3 Å². The maximum absolute atomic E-state index is 10.3. The SMILES string of the molecule is N#Cc1c(O)nc2ccc(-c3ccc(-c4ccccc4O)cc3)cc2c1O. The molecule has 0 bridgehead atoms. The highest BCUT2D eigenvalue weighted by Crippen LogP contribution is 2.36. The van der Waals surface area contributed by atoms with Crippen molar-refractivity contribution >= 4 is 10.9 Å². The second-order valence-electron chi connectivity index (χ2n) is 6.10. The van der Waals surface area contributed by atoms with E-state index in [1.165, 1.54) is 0 Å². The van der Waals surface area contributed by atoms with Gasteiger partial charge in [0.15, 0.2) is 5.56 Å². The van der Waals surface area contributed by atoms with Gasteiger partial charge in [-0.15, -0.1) is 0 Å². The number of nitriles is 1. The number of hydrogen-bond donors (Lipinski definition) is 3. The van der Waals surface area contributed by atoms with Gasteiger partial charge in [0.1, 0.15) is 17.6 Å². The zero-order chi connectivity index (χ0) is 19.0. The molecule has 0 radical (unpaired) electrons. The second-order valence-corrected chi connectivity index (χ2v) is 6.10. The van der Waals surface area contributed by atoms with Crippen molar-refractivity contribution in [1.82, 2.24) is 4.98 Å². The van der Waals surface area contributed by atoms with Crippen LogP contribution >= 0.6 is 0 Å². The Morgan fingerprint density at radius 3 is 2.15 bits per heavy atom. The summed E-state index contributed by atoms with van der Waals surface area (Å²) in [5.41, 5.74) is 3.53. The maximum atomic E-state index is 10.3. The topological polar surface area (TPSA) is 97.4 Å². The average Bonchev–Trinajstić information content (AvgIpc) is 2.69. The van der Waals surface area contributed by atoms with E-state index in [1.54, 1.807) is 30.3 Å². The Morgan fingerprint density at radius 1 is 0.778 bits per heavy atom. The lowest BCUT2D eigenvalue weighted by Gasteiger charge is -2.09. The first-order valence-corrected chi connectivity index (χ1v) is 8.23. The van der Waals surface area contributed by atoms with E-state index in [0.717, 1.165) is 22.3 Å². The summed E-state index contributed by atoms with van der Waals surface area (Å²) in [4.78, 5) is 3.95. The molecular weight excluding hydrogens is 340 g/mol. The molecule has 4 rings (SSSR count). The largest absolute Gasteiger partial charge is 0.507 e. The summed E-state index contributed by atoms with van der Waals surface area (Å²) in [6.07, 6.45) is 0. The lowest BCUT2D eigenvalue weighted by atomic mass is 9.98. The van der Waals surface area contributed by atoms with Crippen molar-refractivity contribution in [2.24, 2.45) is 0 Å². The molecule has 4 aromatic rings. The molecule has 0 fully saturated rings. The molecule has 0 aliphatic heterocycles. The number of aromatic hydroxyl groups is 3. The number of benzene rings is 3. The number of phenolic OH excluding ortho intramolecular Hbond substituents is 1. The van der Waals surface area contributed by atoms with Crippen molar-refractivity contribution in [3.63, 3.8) is 0 Å². The third kappa shape index (κ3) is 2.79. The zero-order valence-electron chi connectivity index (χ0n) is 14.1. The fourth-order valence-electron chi connectivity index (χ4n) is 3.08. The minimum Gasteiger partial charge on any atom is -0.507 e. The van der Waals surface area contributed by atoms with E-state index in [1.807, 2.05) is 42.5 Å². The van der Waals surface area contributed by atoms with Crippen LogP contribution in [0.5, 0.6) is 17.4 Å². The van der Waals surface area contributed by atoms with Gasteiger partial charge in [-0.3, -0.25) is 0 Å². The van der Waals surface area contributed by atoms with E-state index < -0.39 is 5.88 Å². The van der Waals surface area contributed by atoms with Gasteiger partial charge in [-0.05, 0) is 34.9 Å². The highest BCUT2D eigenvalue weighted by atomic mass is 16.3. The summed E-state index contributed by atoms with van der Waals surface area (Å²) in [7, 11) is 0. The number of para-hydroxylation sites is 1. The quantitative estimate of drug-likeness (QED) is 0.490. The Morgan fingerprint density at radius 2 is 1.44 bits per heavy atom. The molecular formula is C22H14N2O3. The molecule has 0 amide bonds. The van der Waals surface area contributed by atoms with E-state index in [9.17, 15) is 15.3 Å². The van der Waals surface area contributed by atoms with Crippen molar-refractivity contribution in [2.45, 2.75) is 0 Å². The van der Waals surface area contributed by atoms with Crippen LogP contribution in [0.1, 0.15) is 5.56 Å². The molecule has 3 aromatic carbocycles. The molecule has 1 aromatic heterocycles. The maximum Gasteiger partial charge on any atom is 0.233 e. The number of rotatable bonds is 2. The van der Waals surface area contributed by atoms with E-state index in [2.05, 4.69) is 4.98 Å². The summed E-state index contributed by atoms with van der Waals surface area (Å²) < 4.78 is 0. The van der Waals surface area contributed by atoms with Gasteiger partial charge in [0, 0.05) is 10.9 Å². The van der Waals surface area contributed by atoms with Gasteiger partial charge >= 0.3 is 0 Å². The first-order valence-electron chi connectivity index (χ1n) is 8.23. The smallest absolute Gasteiger partial charge is 0.233 e. The molecule has 27 heavy (non-hydrogen) atoms. The molecule has 0 unspecified atom stereocenters. The molecule has 5 heteroatoms. The van der Waals surface area contributed by atoms with Gasteiger partial charge in [0.2, 0.25) is 5.88 Å². The Balaban J connectivity index is 1.79. The molecule has 0 aliphatic carbocycles. The van der Waals surface area contributed by atoms with E-state index in [-0.39, 0.29) is 17.1 Å². The molecule has 0 spiro atoms. The minimum atomic E-state index is -0.484. The van der Waals surface area contributed by atoms with E-state index in [4.69, 9.17) is 5.26 Å². The standard InChI is InChI=1S/C22H14N2O3/c23-12-18-21(26)17-11-15(9-10-19(17)24-22(18)27)13-5-7-14(8-6-13)16-3-1-2-4-20(16)25/h1-11,25H,(H2,24,26,27). The van der Waals surface area contributed by atoms with Crippen LogP contribution in [0.15, 0.2) is 66.7 Å². The van der Waals surface area contributed by atoms with Crippen LogP contribution < -0.4 is 0 Å². The number of phenols is 1. The van der Waals surface area contributed by atoms with Crippen molar-refractivity contribution in [1.29, 1.82) is 5.26 Å². The lowest BCUT2D eigenvalue weighted by molar-refractivity contribution is 0.437. The number of pyridine rings is 1. The Bertz CT molecular complexity index is 1210. The van der Waals surface area contributed by atoms with Crippen LogP contribution in [0, 0.1) is 11.3 Å². The Labute approximate surface area is 155 Å². The molecule has 0 atom stereocenters. The van der Waals surface area contributed by atoms with Crippen molar-refractivity contribution < 1.29 is 15.3 Å². The van der Waals surface area contributed by atoms with Gasteiger partial charge in [-0.25, -0.2) is 4.98 Å². The molecule has 0 aliphatic rings. The lowest BCUT2D eigenvalue weighted by Crippen LogP contribution is -1.88. The average molecular weight is 354 g/mol. The summed E-state index contributed by atoms with van der Waals surface area (Å²) in [5, 5.41) is 39.5. The summed E-state index contributed by atoms with van der Waals surface area (Å²) in [6, 6.07) is 21.8.